The summed E-state index contributed by atoms with van der Waals surface area (Å²) in [6, 6.07) is 45.9. The largest absolute Gasteiger partial charge is 0.218 e. The first-order chi connectivity index (χ1) is 24.0. The maximum absolute atomic E-state index is 13.3. The lowest BCUT2D eigenvalue weighted by Crippen LogP contribution is -2.00. The number of benzene rings is 6. The molecule has 2 aliphatic rings. The smallest absolute Gasteiger partial charge is 0.208 e. The van der Waals surface area contributed by atoms with Crippen LogP contribution >= 0.6 is 0 Å². The monoisotopic (exact) mass is 692 g/mol. The molecule has 6 aromatic carbocycles. The van der Waals surface area contributed by atoms with Crippen LogP contribution < -0.4 is 0 Å². The molecule has 0 aliphatic carbocycles. The van der Waals surface area contributed by atoms with E-state index in [1.165, 1.54) is 0 Å². The normalized spacial score (nSPS) is 15.3. The number of hydrogen-bond donors (Lipinski definition) is 0. The molecule has 0 unspecified atom stereocenters. The molecular weight excluding hydrogens is 657 g/mol. The average molecular weight is 693 g/mol. The topological polar surface area (TPSA) is 68.3 Å². The van der Waals surface area contributed by atoms with Gasteiger partial charge < -0.3 is 0 Å². The fraction of sp³-hybridized carbons (Fsp3) is 0.0909. The van der Waals surface area contributed by atoms with Gasteiger partial charge in [-0.1, -0.05) is 156 Å². The van der Waals surface area contributed by atoms with E-state index in [9.17, 15) is 16.8 Å². The minimum atomic E-state index is -3.54. The second kappa shape index (κ2) is 12.9. The van der Waals surface area contributed by atoms with Gasteiger partial charge in [-0.3, -0.25) is 0 Å². The van der Waals surface area contributed by atoms with E-state index in [1.54, 1.807) is 24.3 Å². The molecule has 0 fully saturated rings. The summed E-state index contributed by atoms with van der Waals surface area (Å²) in [5.74, 6) is 0. The molecule has 2 aliphatic heterocycles. The molecule has 50 heavy (non-hydrogen) atoms. The summed E-state index contributed by atoms with van der Waals surface area (Å²) in [6.45, 7) is 8.05. The van der Waals surface area contributed by atoms with Crippen LogP contribution in [0.1, 0.15) is 55.6 Å². The molecule has 0 atom stereocenters. The number of rotatable bonds is 4. The van der Waals surface area contributed by atoms with Crippen molar-refractivity contribution in [2.24, 2.45) is 0 Å². The van der Waals surface area contributed by atoms with Crippen LogP contribution in [0.3, 0.4) is 0 Å². The van der Waals surface area contributed by atoms with E-state index in [1.807, 2.05) is 149 Å². The molecule has 0 spiro atoms. The third kappa shape index (κ3) is 5.85. The van der Waals surface area contributed by atoms with Crippen LogP contribution in [0.15, 0.2) is 155 Å². The van der Waals surface area contributed by atoms with Gasteiger partial charge >= 0.3 is 0 Å². The fourth-order valence-corrected chi connectivity index (χ4v) is 10.3. The van der Waals surface area contributed by atoms with Crippen molar-refractivity contribution in [2.75, 3.05) is 0 Å². The van der Waals surface area contributed by atoms with Gasteiger partial charge in [0.2, 0.25) is 19.7 Å². The predicted molar refractivity (Wildman–Crippen MR) is 204 cm³/mol. The highest BCUT2D eigenvalue weighted by atomic mass is 32.2. The van der Waals surface area contributed by atoms with E-state index >= 15 is 0 Å². The standard InChI is InChI=1S/2C22H18O2S/c2*1-15-7-11-17(12-8-15)21-19-5-3-4-6-20(19)25(23,24)22(21)18-13-9-16(2)10-14-18/h2*3-14H,1-2H3. The second-order valence-corrected chi connectivity index (χ2v) is 16.6. The molecule has 2 heterocycles. The summed E-state index contributed by atoms with van der Waals surface area (Å²) in [5, 5.41) is 0. The molecule has 4 nitrogen and oxygen atoms in total. The molecule has 0 amide bonds. The molecule has 0 aromatic heterocycles. The van der Waals surface area contributed by atoms with Gasteiger partial charge in [0.05, 0.1) is 19.6 Å². The Morgan fingerprint density at radius 1 is 0.320 bits per heavy atom. The molecule has 6 heteroatoms. The number of fused-ring (bicyclic) bond motifs is 2. The summed E-state index contributed by atoms with van der Waals surface area (Å²) >= 11 is 0. The first-order valence-electron chi connectivity index (χ1n) is 16.4. The summed E-state index contributed by atoms with van der Waals surface area (Å²) in [7, 11) is -7.08. The van der Waals surface area contributed by atoms with Crippen LogP contribution in [0, 0.1) is 27.7 Å². The zero-order valence-electron chi connectivity index (χ0n) is 28.3. The Morgan fingerprint density at radius 3 is 0.880 bits per heavy atom. The summed E-state index contributed by atoms with van der Waals surface area (Å²) < 4.78 is 53.0. The van der Waals surface area contributed by atoms with Crippen LogP contribution in [-0.2, 0) is 19.7 Å². The lowest BCUT2D eigenvalue weighted by atomic mass is 9.95. The second-order valence-electron chi connectivity index (χ2n) is 12.9. The Labute approximate surface area is 295 Å². The molecule has 0 radical (unpaired) electrons. The third-order valence-corrected chi connectivity index (χ3v) is 13.0. The van der Waals surface area contributed by atoms with Crippen LogP contribution in [0.4, 0.5) is 0 Å². The van der Waals surface area contributed by atoms with E-state index < -0.39 is 19.7 Å². The molecule has 6 aromatic rings. The first-order valence-corrected chi connectivity index (χ1v) is 19.4. The Hall–Kier alpha value is -5.30. The van der Waals surface area contributed by atoms with Crippen molar-refractivity contribution < 1.29 is 16.8 Å². The van der Waals surface area contributed by atoms with Crippen molar-refractivity contribution in [2.45, 2.75) is 37.5 Å². The molecule has 248 valence electrons. The highest BCUT2D eigenvalue weighted by Gasteiger charge is 2.38. The van der Waals surface area contributed by atoms with Gasteiger partial charge in [0.1, 0.15) is 0 Å². The minimum Gasteiger partial charge on any atom is -0.218 e. The van der Waals surface area contributed by atoms with E-state index in [4.69, 9.17) is 0 Å². The summed E-state index contributed by atoms with van der Waals surface area (Å²) in [6.07, 6.45) is 0. The Kier molecular flexibility index (Phi) is 8.54. The molecule has 0 saturated carbocycles. The van der Waals surface area contributed by atoms with Gasteiger partial charge in [0, 0.05) is 22.3 Å². The van der Waals surface area contributed by atoms with Crippen LogP contribution in [0.5, 0.6) is 0 Å². The molecule has 0 bridgehead atoms. The maximum Gasteiger partial charge on any atom is 0.208 e. The lowest BCUT2D eigenvalue weighted by molar-refractivity contribution is 0.605. The highest BCUT2D eigenvalue weighted by Crippen LogP contribution is 2.48. The van der Waals surface area contributed by atoms with Crippen molar-refractivity contribution in [1.29, 1.82) is 0 Å². The van der Waals surface area contributed by atoms with Crippen molar-refractivity contribution in [1.82, 2.24) is 0 Å². The Morgan fingerprint density at radius 2 is 0.580 bits per heavy atom. The molecular formula is C44H36O4S2. The fourth-order valence-electron chi connectivity index (χ4n) is 6.57. The van der Waals surface area contributed by atoms with Crippen molar-refractivity contribution in [3.63, 3.8) is 0 Å². The highest BCUT2D eigenvalue weighted by molar-refractivity contribution is 8.01. The molecule has 0 saturated heterocycles. The average Bonchev–Trinajstić information content (AvgIpc) is 3.50. The van der Waals surface area contributed by atoms with Gasteiger partial charge in [0.15, 0.2) is 0 Å². The molecule has 0 N–H and O–H groups in total. The SMILES string of the molecule is Cc1ccc(C2=C(c3ccc(C)cc3)S(=O)(=O)c3ccccc32)cc1.Cc1ccc(C2=C(c3ccc(C)cc3)S(=O)(=O)c3ccccc32)cc1. The van der Waals surface area contributed by atoms with Crippen molar-refractivity contribution >= 4 is 40.6 Å². The zero-order valence-corrected chi connectivity index (χ0v) is 29.9. The van der Waals surface area contributed by atoms with Gasteiger partial charge in [-0.25, -0.2) is 16.8 Å². The quantitative estimate of drug-likeness (QED) is 0.184. The Bertz CT molecular complexity index is 2360. The van der Waals surface area contributed by atoms with Crippen molar-refractivity contribution in [3.05, 3.63) is 201 Å². The van der Waals surface area contributed by atoms with Gasteiger partial charge in [-0.05, 0) is 62.1 Å². The van der Waals surface area contributed by atoms with E-state index in [-0.39, 0.29) is 0 Å². The maximum atomic E-state index is 13.3. The number of aryl methyl sites for hydroxylation is 4. The minimum absolute atomic E-state index is 0.390. The summed E-state index contributed by atoms with van der Waals surface area (Å²) in [5.41, 5.74) is 11.0. The van der Waals surface area contributed by atoms with Crippen LogP contribution in [-0.4, -0.2) is 16.8 Å². The first kappa shape index (κ1) is 33.2. The van der Waals surface area contributed by atoms with Gasteiger partial charge in [-0.2, -0.15) is 0 Å². The van der Waals surface area contributed by atoms with E-state index in [0.29, 0.717) is 19.6 Å². The van der Waals surface area contributed by atoms with E-state index in [2.05, 4.69) is 0 Å². The zero-order chi connectivity index (χ0) is 35.2. The molecule has 8 rings (SSSR count). The predicted octanol–water partition coefficient (Wildman–Crippen LogP) is 10.0. The Balaban J connectivity index is 0.000000157. The van der Waals surface area contributed by atoms with Gasteiger partial charge in [0.25, 0.3) is 0 Å². The van der Waals surface area contributed by atoms with E-state index in [0.717, 1.165) is 66.8 Å². The number of sulfone groups is 2. The summed E-state index contributed by atoms with van der Waals surface area (Å²) in [4.78, 5) is 1.58. The van der Waals surface area contributed by atoms with Gasteiger partial charge in [-0.15, -0.1) is 0 Å². The lowest BCUT2D eigenvalue weighted by Gasteiger charge is -2.09. The number of hydrogen-bond acceptors (Lipinski definition) is 4. The van der Waals surface area contributed by atoms with Crippen molar-refractivity contribution in [3.8, 4) is 0 Å². The third-order valence-electron chi connectivity index (χ3n) is 9.19. The van der Waals surface area contributed by atoms with Crippen LogP contribution in [0.2, 0.25) is 0 Å². The van der Waals surface area contributed by atoms with Crippen LogP contribution in [0.25, 0.3) is 21.0 Å².